The van der Waals surface area contributed by atoms with E-state index in [9.17, 15) is 24.6 Å². The van der Waals surface area contributed by atoms with Gasteiger partial charge in [0.1, 0.15) is 12.2 Å². The van der Waals surface area contributed by atoms with Gasteiger partial charge in [-0.2, -0.15) is 0 Å². The molecule has 0 heterocycles. The van der Waals surface area contributed by atoms with E-state index in [2.05, 4.69) is 13.8 Å². The van der Waals surface area contributed by atoms with Gasteiger partial charge in [0, 0.05) is 17.9 Å². The van der Waals surface area contributed by atoms with E-state index >= 15 is 0 Å². The van der Waals surface area contributed by atoms with Gasteiger partial charge in [-0.1, -0.05) is 51.1 Å². The van der Waals surface area contributed by atoms with Crippen LogP contribution >= 0.6 is 0 Å². The number of fused-ring (bicyclic) bond motifs is 2. The highest BCUT2D eigenvalue weighted by molar-refractivity contribution is 6.03. The summed E-state index contributed by atoms with van der Waals surface area (Å²) in [6.07, 6.45) is 2.72. The van der Waals surface area contributed by atoms with Gasteiger partial charge < -0.3 is 14.9 Å². The summed E-state index contributed by atoms with van der Waals surface area (Å²) in [5.74, 6) is -2.36. The molecule has 0 bridgehead atoms. The van der Waals surface area contributed by atoms with Crippen molar-refractivity contribution < 1.29 is 29.3 Å². The second-order valence-electron chi connectivity index (χ2n) is 10.5. The lowest BCUT2D eigenvalue weighted by molar-refractivity contribution is -0.136. The van der Waals surface area contributed by atoms with Gasteiger partial charge >= 0.3 is 5.97 Å². The van der Waals surface area contributed by atoms with Crippen LogP contribution in [-0.2, 0) is 14.3 Å². The average molecular weight is 453 g/mol. The van der Waals surface area contributed by atoms with Crippen LogP contribution in [0.3, 0.4) is 0 Å². The van der Waals surface area contributed by atoms with Crippen LogP contribution in [0.25, 0.3) is 0 Å². The number of Topliss-reactive ketones (excluding diaryl/α,β-unsaturated/α-hetero) is 2. The van der Waals surface area contributed by atoms with Crippen LogP contribution in [0, 0.1) is 29.1 Å². The maximum absolute atomic E-state index is 13.4. The van der Waals surface area contributed by atoms with Crippen LogP contribution in [0.2, 0.25) is 0 Å². The molecule has 0 aromatic heterocycles. The third-order valence-electron chi connectivity index (χ3n) is 7.97. The molecule has 33 heavy (non-hydrogen) atoms. The molecule has 6 heteroatoms. The average Bonchev–Trinajstić information content (AvgIpc) is 3.19. The van der Waals surface area contributed by atoms with Gasteiger partial charge in [-0.05, 0) is 54.2 Å². The monoisotopic (exact) mass is 452 g/mol. The second-order valence-corrected chi connectivity index (χ2v) is 10.5. The number of carbonyl (C=O) groups is 3. The minimum Gasteiger partial charge on any atom is -0.457 e. The number of carbonyl (C=O) groups excluding carboxylic acids is 3. The third-order valence-corrected chi connectivity index (χ3v) is 7.97. The highest BCUT2D eigenvalue weighted by atomic mass is 16.5. The maximum atomic E-state index is 13.4. The minimum atomic E-state index is -1.81. The van der Waals surface area contributed by atoms with Crippen molar-refractivity contribution in [3.05, 3.63) is 59.2 Å². The molecule has 6 atom stereocenters. The summed E-state index contributed by atoms with van der Waals surface area (Å²) < 4.78 is 5.44. The van der Waals surface area contributed by atoms with Gasteiger partial charge in [-0.25, -0.2) is 4.79 Å². The summed E-state index contributed by atoms with van der Waals surface area (Å²) in [5.41, 5.74) is -0.916. The lowest BCUT2D eigenvalue weighted by Gasteiger charge is -2.29. The maximum Gasteiger partial charge on any atom is 0.338 e. The molecular weight excluding hydrogens is 420 g/mol. The zero-order valence-corrected chi connectivity index (χ0v) is 19.6. The van der Waals surface area contributed by atoms with Crippen molar-refractivity contribution in [2.45, 2.75) is 52.2 Å². The Morgan fingerprint density at radius 3 is 2.45 bits per heavy atom. The van der Waals surface area contributed by atoms with E-state index in [0.717, 1.165) is 0 Å². The van der Waals surface area contributed by atoms with E-state index in [4.69, 9.17) is 4.74 Å². The molecule has 1 aromatic rings. The van der Waals surface area contributed by atoms with Gasteiger partial charge in [-0.3, -0.25) is 9.59 Å². The molecule has 2 fully saturated rings. The summed E-state index contributed by atoms with van der Waals surface area (Å²) >= 11 is 0. The van der Waals surface area contributed by atoms with E-state index in [1.165, 1.54) is 6.08 Å². The molecule has 3 aliphatic rings. The first-order valence-corrected chi connectivity index (χ1v) is 11.6. The Hall–Kier alpha value is -2.57. The Morgan fingerprint density at radius 2 is 1.79 bits per heavy atom. The van der Waals surface area contributed by atoms with Crippen LogP contribution in [0.15, 0.2) is 53.6 Å². The fourth-order valence-corrected chi connectivity index (χ4v) is 5.63. The summed E-state index contributed by atoms with van der Waals surface area (Å²) in [6, 6.07) is 8.49. The number of aliphatic hydroxyl groups excluding tert-OH is 1. The molecule has 3 aliphatic carbocycles. The van der Waals surface area contributed by atoms with Gasteiger partial charge in [0.25, 0.3) is 0 Å². The van der Waals surface area contributed by atoms with Crippen molar-refractivity contribution in [1.82, 2.24) is 0 Å². The van der Waals surface area contributed by atoms with Crippen LogP contribution < -0.4 is 0 Å². The zero-order chi connectivity index (χ0) is 24.1. The Morgan fingerprint density at radius 1 is 1.12 bits per heavy atom. The molecule has 6 nitrogen and oxygen atoms in total. The van der Waals surface area contributed by atoms with E-state index < -0.39 is 29.4 Å². The molecular formula is C27H32O6. The molecule has 176 valence electrons. The van der Waals surface area contributed by atoms with Crippen molar-refractivity contribution in [2.75, 3.05) is 6.61 Å². The standard InChI is InChI=1S/C27H32O6/c1-15-10-19-20(26(19,3)4)12-22(28)18(14-33-25(31)17-8-6-5-7-9-17)11-21-23(29)16(2)13-27(21,32)24(15)30/h5-11,16,19-21,23,29,32H,12-14H2,1-4H3/b15-10+,18-11+/t16-,19+,20-,21-,23-,27+/m0/s1. The number of aliphatic hydroxyl groups is 2. The summed E-state index contributed by atoms with van der Waals surface area (Å²) in [5, 5.41) is 22.3. The first-order chi connectivity index (χ1) is 15.5. The van der Waals surface area contributed by atoms with Gasteiger partial charge in [0.05, 0.1) is 11.7 Å². The molecule has 0 unspecified atom stereocenters. The number of benzene rings is 1. The highest BCUT2D eigenvalue weighted by Crippen LogP contribution is 2.61. The Kier molecular flexibility index (Phi) is 5.95. The number of ketones is 2. The zero-order valence-electron chi connectivity index (χ0n) is 19.6. The normalized spacial score (nSPS) is 38.7. The van der Waals surface area contributed by atoms with Crippen molar-refractivity contribution >= 4 is 17.5 Å². The SMILES string of the molecule is C/C1=C\[C@@H]2[C@H](CC(=O)/C(COC(=O)c3ccccc3)=C/[C@H]3[C@@H](O)[C@@H](C)C[C@]3(O)C1=O)C2(C)C. The number of esters is 1. The number of rotatable bonds is 3. The molecule has 2 saturated carbocycles. The molecule has 1 aromatic carbocycles. The smallest absolute Gasteiger partial charge is 0.338 e. The second kappa shape index (κ2) is 8.33. The van der Waals surface area contributed by atoms with Crippen molar-refractivity contribution in [1.29, 1.82) is 0 Å². The lowest BCUT2D eigenvalue weighted by atomic mass is 9.81. The molecule has 2 N–H and O–H groups in total. The predicted octanol–water partition coefficient (Wildman–Crippen LogP) is 3.28. The fourth-order valence-electron chi connectivity index (χ4n) is 5.63. The number of ether oxygens (including phenoxy) is 1. The van der Waals surface area contributed by atoms with E-state index in [-0.39, 0.29) is 54.0 Å². The van der Waals surface area contributed by atoms with E-state index in [1.54, 1.807) is 44.2 Å². The van der Waals surface area contributed by atoms with E-state index in [1.807, 2.05) is 6.08 Å². The first kappa shape index (κ1) is 23.6. The van der Waals surface area contributed by atoms with Crippen molar-refractivity contribution in [2.24, 2.45) is 29.1 Å². The molecule has 0 saturated heterocycles. The Bertz CT molecular complexity index is 1040. The highest BCUT2D eigenvalue weighted by Gasteiger charge is 2.59. The molecule has 0 amide bonds. The Labute approximate surface area is 194 Å². The van der Waals surface area contributed by atoms with Gasteiger partial charge in [-0.15, -0.1) is 0 Å². The lowest BCUT2D eigenvalue weighted by Crippen LogP contribution is -2.44. The summed E-state index contributed by atoms with van der Waals surface area (Å²) in [4.78, 5) is 39.2. The largest absolute Gasteiger partial charge is 0.457 e. The molecule has 4 rings (SSSR count). The first-order valence-electron chi connectivity index (χ1n) is 11.6. The van der Waals surface area contributed by atoms with E-state index in [0.29, 0.717) is 11.1 Å². The molecule has 0 spiro atoms. The van der Waals surface area contributed by atoms with Crippen LogP contribution in [-0.4, -0.2) is 46.1 Å². The molecule has 0 radical (unpaired) electrons. The third kappa shape index (κ3) is 4.11. The number of allylic oxidation sites excluding steroid dienone is 1. The number of hydrogen-bond donors (Lipinski definition) is 2. The van der Waals surface area contributed by atoms with Crippen LogP contribution in [0.5, 0.6) is 0 Å². The van der Waals surface area contributed by atoms with Gasteiger partial charge in [0.2, 0.25) is 0 Å². The summed E-state index contributed by atoms with van der Waals surface area (Å²) in [7, 11) is 0. The quantitative estimate of drug-likeness (QED) is 0.683. The van der Waals surface area contributed by atoms with Gasteiger partial charge in [0.15, 0.2) is 11.6 Å². The van der Waals surface area contributed by atoms with Crippen LogP contribution in [0.1, 0.15) is 50.9 Å². The minimum absolute atomic E-state index is 0.0439. The number of hydrogen-bond acceptors (Lipinski definition) is 6. The van der Waals surface area contributed by atoms with Crippen molar-refractivity contribution in [3.8, 4) is 0 Å². The topological polar surface area (TPSA) is 101 Å². The van der Waals surface area contributed by atoms with Crippen molar-refractivity contribution in [3.63, 3.8) is 0 Å². The predicted molar refractivity (Wildman–Crippen MR) is 122 cm³/mol. The fraction of sp³-hybridized carbons (Fsp3) is 0.519. The molecule has 0 aliphatic heterocycles. The summed E-state index contributed by atoms with van der Waals surface area (Å²) in [6.45, 7) is 7.32. The Balaban J connectivity index is 1.70. The van der Waals surface area contributed by atoms with Crippen LogP contribution in [0.4, 0.5) is 0 Å².